The fourth-order valence-corrected chi connectivity index (χ4v) is 3.95. The molecule has 4 rings (SSSR count). The van der Waals surface area contributed by atoms with E-state index >= 15 is 0 Å². The third-order valence-corrected chi connectivity index (χ3v) is 5.50. The van der Waals surface area contributed by atoms with Gasteiger partial charge in [0.1, 0.15) is 6.04 Å². The van der Waals surface area contributed by atoms with E-state index < -0.39 is 23.8 Å². The van der Waals surface area contributed by atoms with Gasteiger partial charge in [0.05, 0.1) is 36.5 Å². The van der Waals surface area contributed by atoms with E-state index in [9.17, 15) is 18.0 Å². The Kier molecular flexibility index (Phi) is 6.22. The molecule has 0 saturated carbocycles. The number of fused-ring (bicyclic) bond motifs is 1. The zero-order valence-corrected chi connectivity index (χ0v) is 19.0. The molecule has 1 aliphatic heterocycles. The van der Waals surface area contributed by atoms with Crippen molar-refractivity contribution in [2.45, 2.75) is 26.1 Å². The molecule has 0 bridgehead atoms. The predicted octanol–water partition coefficient (Wildman–Crippen LogP) is 4.76. The number of anilines is 2. The van der Waals surface area contributed by atoms with Crippen LogP contribution in [0.4, 0.5) is 24.8 Å². The molecule has 8 nitrogen and oxygen atoms in total. The summed E-state index contributed by atoms with van der Waals surface area (Å²) in [5.74, 6) is -0.502. The Morgan fingerprint density at radius 3 is 2.51 bits per heavy atom. The summed E-state index contributed by atoms with van der Waals surface area (Å²) >= 11 is 0. The number of rotatable bonds is 5. The lowest BCUT2D eigenvalue weighted by molar-refractivity contribution is -0.139. The van der Waals surface area contributed by atoms with E-state index in [1.54, 1.807) is 38.1 Å². The number of nitriles is 1. The van der Waals surface area contributed by atoms with Gasteiger partial charge < -0.3 is 9.47 Å². The lowest BCUT2D eigenvalue weighted by Gasteiger charge is -2.35. The molecule has 35 heavy (non-hydrogen) atoms. The van der Waals surface area contributed by atoms with Crippen molar-refractivity contribution in [3.05, 3.63) is 76.5 Å². The second-order valence-electron chi connectivity index (χ2n) is 7.58. The van der Waals surface area contributed by atoms with Crippen LogP contribution >= 0.6 is 0 Å². The number of methoxy groups -OCH3 is 1. The van der Waals surface area contributed by atoms with Gasteiger partial charge in [0.15, 0.2) is 0 Å². The zero-order valence-electron chi connectivity index (χ0n) is 19.0. The molecule has 0 spiro atoms. The van der Waals surface area contributed by atoms with Crippen molar-refractivity contribution in [1.82, 2.24) is 14.8 Å². The number of esters is 1. The van der Waals surface area contributed by atoms with Crippen molar-refractivity contribution in [3.8, 4) is 12.1 Å². The summed E-state index contributed by atoms with van der Waals surface area (Å²) in [5.41, 5.74) is 0.781. The average Bonchev–Trinajstić information content (AvgIpc) is 3.26. The van der Waals surface area contributed by atoms with E-state index in [-0.39, 0.29) is 29.8 Å². The Morgan fingerprint density at radius 1 is 1.20 bits per heavy atom. The summed E-state index contributed by atoms with van der Waals surface area (Å²) in [6, 6.07) is 12.4. The first kappa shape index (κ1) is 23.8. The highest BCUT2D eigenvalue weighted by molar-refractivity contribution is 5.93. The molecule has 1 aromatic heterocycles. The summed E-state index contributed by atoms with van der Waals surface area (Å²) in [5, 5.41) is 13.5. The molecule has 1 atom stereocenters. The largest absolute Gasteiger partial charge is 0.466 e. The maximum absolute atomic E-state index is 13.5. The molecule has 0 N–H and O–H groups in total. The number of nitrogens with zero attached hydrogens (tertiary/aromatic N) is 5. The van der Waals surface area contributed by atoms with Crippen molar-refractivity contribution in [2.24, 2.45) is 0 Å². The van der Waals surface area contributed by atoms with Crippen LogP contribution in [-0.2, 0) is 15.7 Å². The van der Waals surface area contributed by atoms with E-state index in [1.165, 1.54) is 28.8 Å². The summed E-state index contributed by atoms with van der Waals surface area (Å²) in [7, 11) is 1.36. The Bertz CT molecular complexity index is 1340. The highest BCUT2D eigenvalue weighted by atomic mass is 19.4. The third kappa shape index (κ3) is 4.30. The van der Waals surface area contributed by atoms with Gasteiger partial charge in [0, 0.05) is 11.4 Å². The van der Waals surface area contributed by atoms with Crippen LogP contribution in [0.1, 0.15) is 36.6 Å². The summed E-state index contributed by atoms with van der Waals surface area (Å²) in [6.45, 7) is 3.35. The minimum Gasteiger partial charge on any atom is -0.466 e. The number of benzene rings is 2. The normalized spacial score (nSPS) is 15.5. The molecule has 2 aromatic carbocycles. The van der Waals surface area contributed by atoms with Crippen molar-refractivity contribution in [3.63, 3.8) is 0 Å². The van der Waals surface area contributed by atoms with E-state index in [0.29, 0.717) is 16.8 Å². The smallest absolute Gasteiger partial charge is 0.416 e. The molecule has 1 unspecified atom stereocenters. The maximum Gasteiger partial charge on any atom is 0.416 e. The molecule has 0 radical (unpaired) electrons. The van der Waals surface area contributed by atoms with E-state index in [2.05, 4.69) is 10.1 Å². The van der Waals surface area contributed by atoms with Crippen molar-refractivity contribution < 1.29 is 27.4 Å². The van der Waals surface area contributed by atoms with Crippen molar-refractivity contribution >= 4 is 17.6 Å². The topological polar surface area (TPSA) is 93.3 Å². The Balaban J connectivity index is 1.99. The fraction of sp³-hybridized carbons (Fsp3) is 0.250. The predicted molar refractivity (Wildman–Crippen MR) is 119 cm³/mol. The Labute approximate surface area is 198 Å². The van der Waals surface area contributed by atoms with Gasteiger partial charge in [-0.3, -0.25) is 4.90 Å². The summed E-state index contributed by atoms with van der Waals surface area (Å²) < 4.78 is 52.3. The first-order valence-electron chi connectivity index (χ1n) is 10.6. The quantitative estimate of drug-likeness (QED) is 0.483. The minimum atomic E-state index is -4.57. The van der Waals surface area contributed by atoms with E-state index in [1.807, 2.05) is 6.07 Å². The average molecular weight is 483 g/mol. The van der Waals surface area contributed by atoms with Crippen LogP contribution in [0.3, 0.4) is 0 Å². The van der Waals surface area contributed by atoms with Crippen LogP contribution in [0, 0.1) is 11.3 Å². The van der Waals surface area contributed by atoms with Crippen molar-refractivity contribution in [2.75, 3.05) is 18.6 Å². The van der Waals surface area contributed by atoms with Gasteiger partial charge in [-0.2, -0.15) is 23.4 Å². The SMILES string of the molecule is CCOC(=O)C1=C(C)N(c2cccc(C(F)(F)F)c2)c2nc(OC)nn2C1c1ccc(C#N)cc1. The number of halogens is 3. The number of carbonyl (C=O) groups is 1. The Hall–Kier alpha value is -4.33. The fourth-order valence-electron chi connectivity index (χ4n) is 3.95. The summed E-state index contributed by atoms with van der Waals surface area (Å²) in [4.78, 5) is 18.9. The van der Waals surface area contributed by atoms with Gasteiger partial charge >= 0.3 is 18.2 Å². The standard InChI is InChI=1S/C24H20F3N5O3/c1-4-35-21(33)19-14(2)31(18-7-5-6-17(12-18)24(25,26)27)23-29-22(34-3)30-32(23)20(19)16-10-8-15(13-28)9-11-16/h5-12,20H,4H2,1-3H3. The van der Waals surface area contributed by atoms with Crippen LogP contribution in [0.5, 0.6) is 6.01 Å². The molecule has 1 aliphatic rings. The van der Waals surface area contributed by atoms with Crippen molar-refractivity contribution in [1.29, 1.82) is 5.26 Å². The zero-order chi connectivity index (χ0) is 25.3. The second-order valence-corrected chi connectivity index (χ2v) is 7.58. The lowest BCUT2D eigenvalue weighted by atomic mass is 9.94. The number of carbonyl (C=O) groups excluding carboxylic acids is 1. The number of allylic oxidation sites excluding steroid dienone is 1. The third-order valence-electron chi connectivity index (χ3n) is 5.50. The highest BCUT2D eigenvalue weighted by Crippen LogP contribution is 2.44. The number of ether oxygens (including phenoxy) is 2. The number of hydrogen-bond donors (Lipinski definition) is 0. The molecule has 0 fully saturated rings. The molecular formula is C24H20F3N5O3. The Morgan fingerprint density at radius 2 is 1.91 bits per heavy atom. The van der Waals surface area contributed by atoms with E-state index in [0.717, 1.165) is 12.1 Å². The van der Waals surface area contributed by atoms with Gasteiger partial charge in [-0.15, -0.1) is 5.10 Å². The molecule has 0 saturated heterocycles. The van der Waals surface area contributed by atoms with Crippen LogP contribution < -0.4 is 9.64 Å². The first-order valence-corrected chi connectivity index (χ1v) is 10.6. The first-order chi connectivity index (χ1) is 16.7. The van der Waals surface area contributed by atoms with Gasteiger partial charge in [0.2, 0.25) is 5.95 Å². The number of hydrogen-bond acceptors (Lipinski definition) is 7. The monoisotopic (exact) mass is 483 g/mol. The van der Waals surface area contributed by atoms with Crippen LogP contribution in [0.25, 0.3) is 0 Å². The highest BCUT2D eigenvalue weighted by Gasteiger charge is 2.40. The lowest BCUT2D eigenvalue weighted by Crippen LogP contribution is -2.34. The van der Waals surface area contributed by atoms with Gasteiger partial charge in [-0.25, -0.2) is 9.48 Å². The summed E-state index contributed by atoms with van der Waals surface area (Å²) in [6.07, 6.45) is -4.57. The second kappa shape index (κ2) is 9.13. The maximum atomic E-state index is 13.5. The molecule has 0 aliphatic carbocycles. The molecule has 0 amide bonds. The van der Waals surface area contributed by atoms with Gasteiger partial charge in [-0.05, 0) is 49.7 Å². The van der Waals surface area contributed by atoms with Crippen LogP contribution in [-0.4, -0.2) is 34.5 Å². The van der Waals surface area contributed by atoms with Gasteiger partial charge in [0.25, 0.3) is 0 Å². The number of aromatic nitrogens is 3. The van der Waals surface area contributed by atoms with Crippen LogP contribution in [0.2, 0.25) is 0 Å². The van der Waals surface area contributed by atoms with Crippen LogP contribution in [0.15, 0.2) is 59.8 Å². The molecule has 2 heterocycles. The minimum absolute atomic E-state index is 0.0338. The number of alkyl halides is 3. The van der Waals surface area contributed by atoms with E-state index in [4.69, 9.17) is 14.7 Å². The molecular weight excluding hydrogens is 463 g/mol. The van der Waals surface area contributed by atoms with Gasteiger partial charge in [-0.1, -0.05) is 18.2 Å². The molecule has 180 valence electrons. The molecule has 3 aromatic rings. The molecule has 11 heteroatoms.